The van der Waals surface area contributed by atoms with Gasteiger partial charge in [-0.2, -0.15) is 26.3 Å². The number of piperidine rings is 1. The average Bonchev–Trinajstić information content (AvgIpc) is 3.07. The Bertz CT molecular complexity index is 1010. The summed E-state index contributed by atoms with van der Waals surface area (Å²) in [6, 6.07) is 6.03. The number of anilines is 1. The monoisotopic (exact) mass is 567 g/mol. The van der Waals surface area contributed by atoms with Gasteiger partial charge in [0.15, 0.2) is 0 Å². The Morgan fingerprint density at radius 3 is 1.97 bits per heavy atom. The SMILES string of the molecule is O=C(O)C(F)(F)F.O=C(O)C(F)(F)F.c1cnc(N2CCC3(CC2)COCCN(Cc2cccnc2)C3)nc1. The third kappa shape index (κ3) is 11.0. The summed E-state index contributed by atoms with van der Waals surface area (Å²) >= 11 is 0. The lowest BCUT2D eigenvalue weighted by Gasteiger charge is -2.42. The number of carboxylic acid groups (broad SMARTS) is 2. The topological polar surface area (TPSA) is 129 Å². The number of nitrogens with zero attached hydrogens (tertiary/aromatic N) is 5. The zero-order valence-corrected chi connectivity index (χ0v) is 20.5. The third-order valence-corrected chi connectivity index (χ3v) is 5.79. The van der Waals surface area contributed by atoms with E-state index in [2.05, 4.69) is 30.8 Å². The van der Waals surface area contributed by atoms with Gasteiger partial charge in [-0.3, -0.25) is 9.88 Å². The summed E-state index contributed by atoms with van der Waals surface area (Å²) in [7, 11) is 0. The number of rotatable bonds is 3. The highest BCUT2D eigenvalue weighted by Crippen LogP contribution is 2.35. The van der Waals surface area contributed by atoms with E-state index in [4.69, 9.17) is 24.5 Å². The Morgan fingerprint density at radius 2 is 1.49 bits per heavy atom. The Hall–Kier alpha value is -3.53. The molecule has 2 aromatic rings. The summed E-state index contributed by atoms with van der Waals surface area (Å²) < 4.78 is 69.5. The molecule has 0 amide bonds. The normalized spacial score (nSPS) is 17.6. The number of carboxylic acids is 2. The Balaban J connectivity index is 0.000000317. The van der Waals surface area contributed by atoms with Crippen LogP contribution >= 0.6 is 0 Å². The van der Waals surface area contributed by atoms with Crippen LogP contribution in [0.2, 0.25) is 0 Å². The van der Waals surface area contributed by atoms with Crippen molar-refractivity contribution in [1.82, 2.24) is 19.9 Å². The van der Waals surface area contributed by atoms with Crippen LogP contribution in [-0.4, -0.2) is 93.7 Å². The van der Waals surface area contributed by atoms with Gasteiger partial charge in [-0.1, -0.05) is 6.07 Å². The summed E-state index contributed by atoms with van der Waals surface area (Å²) in [6.07, 6.45) is -0.497. The zero-order valence-electron chi connectivity index (χ0n) is 20.5. The van der Waals surface area contributed by atoms with Gasteiger partial charge in [-0.15, -0.1) is 0 Å². The standard InChI is InChI=1S/C19H25N5O.2C2HF3O2/c1-3-17(13-20-6-1)14-23-11-12-25-16-19(15-23)4-9-24(10-5-19)18-21-7-2-8-22-18;2*3-2(4,5)1(6)7/h1-3,6-8,13H,4-5,9-12,14-16H2;2*(H,6,7). The van der Waals surface area contributed by atoms with Crippen LogP contribution in [0, 0.1) is 5.41 Å². The molecule has 16 heteroatoms. The van der Waals surface area contributed by atoms with Gasteiger partial charge in [0.25, 0.3) is 0 Å². The molecular weight excluding hydrogens is 540 g/mol. The van der Waals surface area contributed by atoms with E-state index in [1.54, 1.807) is 0 Å². The fourth-order valence-corrected chi connectivity index (χ4v) is 3.90. The largest absolute Gasteiger partial charge is 0.490 e. The molecule has 4 rings (SSSR count). The number of carbonyl (C=O) groups is 2. The van der Waals surface area contributed by atoms with Crippen LogP contribution in [0.5, 0.6) is 0 Å². The smallest absolute Gasteiger partial charge is 0.475 e. The van der Waals surface area contributed by atoms with Crippen LogP contribution < -0.4 is 4.90 Å². The fraction of sp³-hybridized carbons (Fsp3) is 0.522. The number of halogens is 6. The first kappa shape index (κ1) is 31.7. The summed E-state index contributed by atoms with van der Waals surface area (Å²) in [6.45, 7) is 6.69. The van der Waals surface area contributed by atoms with Crippen molar-refractivity contribution in [2.24, 2.45) is 5.41 Å². The molecular formula is C23H27F6N5O5. The summed E-state index contributed by atoms with van der Waals surface area (Å²) in [5, 5.41) is 14.2. The van der Waals surface area contributed by atoms with E-state index in [1.165, 1.54) is 5.56 Å². The van der Waals surface area contributed by atoms with Gasteiger partial charge in [-0.25, -0.2) is 19.6 Å². The van der Waals surface area contributed by atoms with Gasteiger partial charge in [0, 0.05) is 62.9 Å². The highest BCUT2D eigenvalue weighted by Gasteiger charge is 2.39. The minimum absolute atomic E-state index is 0.240. The lowest BCUT2D eigenvalue weighted by molar-refractivity contribution is -0.193. The van der Waals surface area contributed by atoms with Crippen molar-refractivity contribution in [3.63, 3.8) is 0 Å². The second-order valence-corrected chi connectivity index (χ2v) is 8.77. The summed E-state index contributed by atoms with van der Waals surface area (Å²) in [5.41, 5.74) is 1.51. The Labute approximate surface area is 219 Å². The average molecular weight is 567 g/mol. The molecule has 10 nitrogen and oxygen atoms in total. The van der Waals surface area contributed by atoms with Crippen LogP contribution in [0.3, 0.4) is 0 Å². The zero-order chi connectivity index (χ0) is 29.1. The maximum atomic E-state index is 10.6. The predicted octanol–water partition coefficient (Wildman–Crippen LogP) is 3.26. The van der Waals surface area contributed by atoms with Crippen molar-refractivity contribution in [2.75, 3.05) is 44.3 Å². The van der Waals surface area contributed by atoms with Gasteiger partial charge < -0.3 is 19.8 Å². The molecule has 2 saturated heterocycles. The maximum absolute atomic E-state index is 10.6. The second kappa shape index (κ2) is 14.0. The number of pyridine rings is 1. The van der Waals surface area contributed by atoms with Crippen molar-refractivity contribution >= 4 is 17.9 Å². The Kier molecular flexibility index (Phi) is 11.4. The third-order valence-electron chi connectivity index (χ3n) is 5.79. The lowest BCUT2D eigenvalue weighted by Crippen LogP contribution is -2.47. The molecule has 2 aliphatic heterocycles. The van der Waals surface area contributed by atoms with E-state index in [1.807, 2.05) is 36.9 Å². The first-order valence-corrected chi connectivity index (χ1v) is 11.5. The van der Waals surface area contributed by atoms with E-state index in [0.717, 1.165) is 64.7 Å². The minimum Gasteiger partial charge on any atom is -0.475 e. The maximum Gasteiger partial charge on any atom is 0.490 e. The highest BCUT2D eigenvalue weighted by molar-refractivity contribution is 5.73. The quantitative estimate of drug-likeness (QED) is 0.534. The molecule has 2 fully saturated rings. The van der Waals surface area contributed by atoms with Gasteiger partial charge >= 0.3 is 24.3 Å². The molecule has 0 bridgehead atoms. The van der Waals surface area contributed by atoms with Gasteiger partial charge in [-0.05, 0) is 30.5 Å². The van der Waals surface area contributed by atoms with Crippen LogP contribution in [0.25, 0.3) is 0 Å². The number of alkyl halides is 6. The highest BCUT2D eigenvalue weighted by atomic mass is 19.4. The second-order valence-electron chi connectivity index (χ2n) is 8.77. The number of ether oxygens (including phenoxy) is 1. The van der Waals surface area contributed by atoms with Crippen LogP contribution in [0.4, 0.5) is 32.3 Å². The molecule has 0 aromatic carbocycles. The molecule has 2 N–H and O–H groups in total. The number of aromatic nitrogens is 3. The number of aliphatic carboxylic acids is 2. The molecule has 0 unspecified atom stereocenters. The molecule has 0 atom stereocenters. The Morgan fingerprint density at radius 1 is 0.923 bits per heavy atom. The first-order valence-electron chi connectivity index (χ1n) is 11.5. The molecule has 39 heavy (non-hydrogen) atoms. The molecule has 4 heterocycles. The number of hydrogen-bond acceptors (Lipinski definition) is 8. The molecule has 1 spiro atoms. The van der Waals surface area contributed by atoms with Crippen molar-refractivity contribution < 1.29 is 50.9 Å². The van der Waals surface area contributed by atoms with Crippen LogP contribution in [0.1, 0.15) is 18.4 Å². The molecule has 216 valence electrons. The minimum atomic E-state index is -5.08. The van der Waals surface area contributed by atoms with Gasteiger partial charge in [0.1, 0.15) is 0 Å². The fourth-order valence-electron chi connectivity index (χ4n) is 3.90. The van der Waals surface area contributed by atoms with Gasteiger partial charge in [0.2, 0.25) is 5.95 Å². The van der Waals surface area contributed by atoms with Crippen molar-refractivity contribution in [3.8, 4) is 0 Å². The molecule has 0 saturated carbocycles. The molecule has 2 aliphatic rings. The van der Waals surface area contributed by atoms with Crippen LogP contribution in [0.15, 0.2) is 43.0 Å². The summed E-state index contributed by atoms with van der Waals surface area (Å²) in [4.78, 5) is 35.6. The molecule has 0 aliphatic carbocycles. The van der Waals surface area contributed by atoms with E-state index in [0.29, 0.717) is 0 Å². The summed E-state index contributed by atoms with van der Waals surface area (Å²) in [5.74, 6) is -4.67. The van der Waals surface area contributed by atoms with Gasteiger partial charge in [0.05, 0.1) is 13.2 Å². The van der Waals surface area contributed by atoms with Crippen molar-refractivity contribution in [3.05, 3.63) is 48.5 Å². The van der Waals surface area contributed by atoms with Crippen molar-refractivity contribution in [1.29, 1.82) is 0 Å². The lowest BCUT2D eigenvalue weighted by atomic mass is 9.78. The van der Waals surface area contributed by atoms with E-state index < -0.39 is 24.3 Å². The molecule has 2 aromatic heterocycles. The predicted molar refractivity (Wildman–Crippen MR) is 124 cm³/mol. The van der Waals surface area contributed by atoms with Crippen LogP contribution in [-0.2, 0) is 20.9 Å². The van der Waals surface area contributed by atoms with Crippen molar-refractivity contribution in [2.45, 2.75) is 31.7 Å². The van der Waals surface area contributed by atoms with E-state index >= 15 is 0 Å². The number of hydrogen-bond donors (Lipinski definition) is 2. The van der Waals surface area contributed by atoms with E-state index in [9.17, 15) is 26.3 Å². The first-order chi connectivity index (χ1) is 18.2. The molecule has 0 radical (unpaired) electrons. The van der Waals surface area contributed by atoms with E-state index in [-0.39, 0.29) is 5.41 Å².